The van der Waals surface area contributed by atoms with E-state index in [1.54, 1.807) is 24.3 Å². The summed E-state index contributed by atoms with van der Waals surface area (Å²) in [5.74, 6) is 1.91. The van der Waals surface area contributed by atoms with E-state index in [1.165, 1.54) is 6.08 Å². The van der Waals surface area contributed by atoms with Gasteiger partial charge in [-0.1, -0.05) is 37.3 Å². The van der Waals surface area contributed by atoms with Crippen molar-refractivity contribution >= 4 is 11.9 Å². The first kappa shape index (κ1) is 17.7. The molecule has 0 aromatic heterocycles. The molecule has 1 rings (SSSR count). The van der Waals surface area contributed by atoms with Gasteiger partial charge >= 0.3 is 11.9 Å². The van der Waals surface area contributed by atoms with E-state index in [2.05, 4.69) is 19.1 Å². The van der Waals surface area contributed by atoms with Crippen molar-refractivity contribution in [2.75, 3.05) is 0 Å². The molecular formula is C19H16O4. The van der Waals surface area contributed by atoms with E-state index in [0.717, 1.165) is 17.7 Å². The Hall–Kier alpha value is -3.32. The smallest absolute Gasteiger partial charge is 0.335 e. The second-order valence-corrected chi connectivity index (χ2v) is 4.21. The molecule has 4 heteroatoms. The molecule has 0 atom stereocenters. The molecule has 1 aromatic carbocycles. The normalized spacial score (nSPS) is 10.7. The molecule has 23 heavy (non-hydrogen) atoms. The van der Waals surface area contributed by atoms with Gasteiger partial charge in [0.25, 0.3) is 0 Å². The summed E-state index contributed by atoms with van der Waals surface area (Å²) in [6.45, 7) is 6.64. The van der Waals surface area contributed by atoms with Gasteiger partial charge in [-0.05, 0) is 30.2 Å². The van der Waals surface area contributed by atoms with Crippen molar-refractivity contribution in [2.24, 2.45) is 0 Å². The van der Waals surface area contributed by atoms with Crippen LogP contribution in [0.2, 0.25) is 0 Å². The molecule has 4 nitrogen and oxygen atoms in total. The van der Waals surface area contributed by atoms with Crippen LogP contribution in [0.4, 0.5) is 0 Å². The molecule has 0 radical (unpaired) electrons. The lowest BCUT2D eigenvalue weighted by atomic mass is 10.1. The SMILES string of the molecule is C#C/C=C(\C=C/Cc1ccc(OC(=O)C=C)cc1)OC(=O)C=C. The number of terminal acetylenes is 1. The van der Waals surface area contributed by atoms with Crippen molar-refractivity contribution in [1.82, 2.24) is 0 Å². The van der Waals surface area contributed by atoms with Crippen molar-refractivity contribution in [3.8, 4) is 18.1 Å². The van der Waals surface area contributed by atoms with Gasteiger partial charge in [0, 0.05) is 18.2 Å². The van der Waals surface area contributed by atoms with Gasteiger partial charge in [0.15, 0.2) is 0 Å². The molecule has 0 amide bonds. The highest BCUT2D eigenvalue weighted by Crippen LogP contribution is 2.13. The molecule has 0 aliphatic heterocycles. The molecule has 116 valence electrons. The van der Waals surface area contributed by atoms with Crippen LogP contribution in [0.25, 0.3) is 0 Å². The third-order valence-electron chi connectivity index (χ3n) is 2.55. The fraction of sp³-hybridized carbons (Fsp3) is 0.0526. The van der Waals surface area contributed by atoms with Crippen molar-refractivity contribution in [3.05, 3.63) is 79.1 Å². The second kappa shape index (κ2) is 9.59. The average molecular weight is 308 g/mol. The first-order valence-electron chi connectivity index (χ1n) is 6.69. The molecule has 0 bridgehead atoms. The van der Waals surface area contributed by atoms with Crippen molar-refractivity contribution < 1.29 is 19.1 Å². The lowest BCUT2D eigenvalue weighted by Gasteiger charge is -2.03. The van der Waals surface area contributed by atoms with Crippen LogP contribution in [0.5, 0.6) is 5.75 Å². The van der Waals surface area contributed by atoms with E-state index in [0.29, 0.717) is 12.2 Å². The molecule has 0 fully saturated rings. The molecule has 0 aliphatic rings. The van der Waals surface area contributed by atoms with Crippen LogP contribution in [0.15, 0.2) is 73.6 Å². The number of hydrogen-bond donors (Lipinski definition) is 0. The van der Waals surface area contributed by atoms with Gasteiger partial charge in [0.2, 0.25) is 0 Å². The van der Waals surface area contributed by atoms with E-state index in [-0.39, 0.29) is 5.76 Å². The Balaban J connectivity index is 2.65. The van der Waals surface area contributed by atoms with Crippen LogP contribution in [-0.2, 0) is 20.7 Å². The first-order valence-corrected chi connectivity index (χ1v) is 6.69. The molecule has 0 unspecified atom stereocenters. The number of carbonyl (C=O) groups is 2. The zero-order chi connectivity index (χ0) is 17.1. The summed E-state index contributed by atoms with van der Waals surface area (Å²) in [6, 6.07) is 6.99. The van der Waals surface area contributed by atoms with Crippen molar-refractivity contribution in [3.63, 3.8) is 0 Å². The number of esters is 2. The minimum Gasteiger partial charge on any atom is -0.423 e. The number of allylic oxidation sites excluding steroid dienone is 3. The zero-order valence-corrected chi connectivity index (χ0v) is 12.5. The molecule has 0 aliphatic carbocycles. The van der Waals surface area contributed by atoms with Gasteiger partial charge in [0.1, 0.15) is 11.5 Å². The number of carbonyl (C=O) groups excluding carboxylic acids is 2. The van der Waals surface area contributed by atoms with E-state index in [4.69, 9.17) is 15.9 Å². The molecule has 0 N–H and O–H groups in total. The van der Waals surface area contributed by atoms with Crippen LogP contribution in [0.1, 0.15) is 5.56 Å². The maximum atomic E-state index is 11.1. The maximum Gasteiger partial charge on any atom is 0.335 e. The molecule has 1 aromatic rings. The average Bonchev–Trinajstić information content (AvgIpc) is 2.56. The number of rotatable bonds is 7. The Labute approximate surface area is 135 Å². The Morgan fingerprint density at radius 3 is 2.35 bits per heavy atom. The van der Waals surface area contributed by atoms with Crippen LogP contribution >= 0.6 is 0 Å². The molecule has 0 saturated heterocycles. The van der Waals surface area contributed by atoms with Gasteiger partial charge in [-0.2, -0.15) is 0 Å². The number of benzene rings is 1. The number of hydrogen-bond acceptors (Lipinski definition) is 4. The molecule has 0 spiro atoms. The van der Waals surface area contributed by atoms with Crippen LogP contribution in [0.3, 0.4) is 0 Å². The fourth-order valence-electron chi connectivity index (χ4n) is 1.51. The molecule has 0 saturated carbocycles. The van der Waals surface area contributed by atoms with E-state index < -0.39 is 11.9 Å². The lowest BCUT2D eigenvalue weighted by Crippen LogP contribution is -2.02. The predicted molar refractivity (Wildman–Crippen MR) is 88.3 cm³/mol. The highest BCUT2D eigenvalue weighted by molar-refractivity contribution is 5.83. The molecular weight excluding hydrogens is 292 g/mol. The van der Waals surface area contributed by atoms with E-state index in [1.807, 2.05) is 12.1 Å². The van der Waals surface area contributed by atoms with Gasteiger partial charge in [-0.3, -0.25) is 0 Å². The Kier molecular flexibility index (Phi) is 7.39. The summed E-state index contributed by atoms with van der Waals surface area (Å²) >= 11 is 0. The van der Waals surface area contributed by atoms with Gasteiger partial charge < -0.3 is 9.47 Å². The Morgan fingerprint density at radius 1 is 1.13 bits per heavy atom. The topological polar surface area (TPSA) is 52.6 Å². The van der Waals surface area contributed by atoms with Crippen molar-refractivity contribution in [2.45, 2.75) is 6.42 Å². The Bertz CT molecular complexity index is 685. The van der Waals surface area contributed by atoms with Crippen LogP contribution < -0.4 is 4.74 Å². The minimum atomic E-state index is -0.579. The summed E-state index contributed by atoms with van der Waals surface area (Å²) in [6.07, 6.45) is 12.7. The van der Waals surface area contributed by atoms with Crippen LogP contribution in [-0.4, -0.2) is 11.9 Å². The summed E-state index contributed by atoms with van der Waals surface area (Å²) in [4.78, 5) is 22.2. The van der Waals surface area contributed by atoms with Crippen molar-refractivity contribution in [1.29, 1.82) is 0 Å². The van der Waals surface area contributed by atoms with E-state index in [9.17, 15) is 9.59 Å². The third kappa shape index (κ3) is 6.78. The minimum absolute atomic E-state index is 0.258. The first-order chi connectivity index (χ1) is 11.1. The lowest BCUT2D eigenvalue weighted by molar-refractivity contribution is -0.133. The fourth-order valence-corrected chi connectivity index (χ4v) is 1.51. The largest absolute Gasteiger partial charge is 0.423 e. The summed E-state index contributed by atoms with van der Waals surface area (Å²) < 4.78 is 9.94. The quantitative estimate of drug-likeness (QED) is 0.194. The highest BCUT2D eigenvalue weighted by atomic mass is 16.5. The predicted octanol–water partition coefficient (Wildman–Crippen LogP) is 3.12. The van der Waals surface area contributed by atoms with Crippen LogP contribution in [0, 0.1) is 12.3 Å². The monoisotopic (exact) mass is 308 g/mol. The summed E-state index contributed by atoms with van der Waals surface area (Å²) in [5, 5.41) is 0. The van der Waals surface area contributed by atoms with E-state index >= 15 is 0 Å². The van der Waals surface area contributed by atoms with Gasteiger partial charge in [-0.15, -0.1) is 6.42 Å². The zero-order valence-electron chi connectivity index (χ0n) is 12.5. The maximum absolute atomic E-state index is 11.1. The number of ether oxygens (including phenoxy) is 2. The van der Waals surface area contributed by atoms with Gasteiger partial charge in [0.05, 0.1) is 0 Å². The third-order valence-corrected chi connectivity index (χ3v) is 2.55. The summed E-state index contributed by atoms with van der Waals surface area (Å²) in [7, 11) is 0. The summed E-state index contributed by atoms with van der Waals surface area (Å²) in [5.41, 5.74) is 0.981. The standard InChI is InChI=1S/C19H16O4/c1-4-8-16(22-18(20)5-2)10-7-9-15-11-13-17(14-12-15)23-19(21)6-3/h1,5-8,10-14H,2-3,9H2/b10-7-,16-8+. The van der Waals surface area contributed by atoms with Gasteiger partial charge in [-0.25, -0.2) is 9.59 Å². The second-order valence-electron chi connectivity index (χ2n) is 4.21. The molecule has 0 heterocycles. The highest BCUT2D eigenvalue weighted by Gasteiger charge is 2.00. The Morgan fingerprint density at radius 2 is 1.78 bits per heavy atom.